The molecule has 0 fully saturated rings. The highest BCUT2D eigenvalue weighted by Crippen LogP contribution is 2.14. The van der Waals surface area contributed by atoms with Gasteiger partial charge in [0.05, 0.1) is 5.69 Å². The molecule has 0 unspecified atom stereocenters. The molecule has 0 aliphatic heterocycles. The molecular formula is C20H22N3+. The van der Waals surface area contributed by atoms with Gasteiger partial charge >= 0.3 is 0 Å². The number of aromatic nitrogens is 2. The predicted octanol–water partition coefficient (Wildman–Crippen LogP) is 4.16. The van der Waals surface area contributed by atoms with Crippen LogP contribution in [0.4, 0.5) is 5.69 Å². The number of nitrogens with zero attached hydrogens (tertiary/aromatic N) is 3. The van der Waals surface area contributed by atoms with Crippen LogP contribution in [0.3, 0.4) is 0 Å². The molecule has 3 aromatic rings. The summed E-state index contributed by atoms with van der Waals surface area (Å²) in [5.74, 6) is 0.916. The summed E-state index contributed by atoms with van der Waals surface area (Å²) in [6.07, 6.45) is 6.23. The van der Waals surface area contributed by atoms with Gasteiger partial charge in [0.2, 0.25) is 5.84 Å². The Morgan fingerprint density at radius 1 is 0.913 bits per heavy atom. The largest absolute Gasteiger partial charge is 0.250 e. The van der Waals surface area contributed by atoms with Crippen LogP contribution in [0.2, 0.25) is 0 Å². The molecular weight excluding hydrogens is 282 g/mol. The van der Waals surface area contributed by atoms with Crippen molar-refractivity contribution in [2.45, 2.75) is 26.3 Å². The van der Waals surface area contributed by atoms with Gasteiger partial charge in [-0.05, 0) is 45.0 Å². The Bertz CT molecular complexity index is 794. The van der Waals surface area contributed by atoms with E-state index < -0.39 is 0 Å². The number of hydrogen-bond donors (Lipinski definition) is 0. The quantitative estimate of drug-likeness (QED) is 0.385. The van der Waals surface area contributed by atoms with Crippen molar-refractivity contribution in [3.05, 3.63) is 84.9 Å². The molecule has 0 spiro atoms. The Labute approximate surface area is 137 Å². The van der Waals surface area contributed by atoms with E-state index in [1.165, 1.54) is 0 Å². The van der Waals surface area contributed by atoms with E-state index in [2.05, 4.69) is 60.8 Å². The van der Waals surface area contributed by atoms with Gasteiger partial charge in [-0.1, -0.05) is 36.4 Å². The lowest BCUT2D eigenvalue weighted by Gasteiger charge is -2.13. The van der Waals surface area contributed by atoms with Crippen molar-refractivity contribution in [2.75, 3.05) is 0 Å². The number of imidazole rings is 1. The molecule has 23 heavy (non-hydrogen) atoms. The minimum atomic E-state index is 0.0415. The van der Waals surface area contributed by atoms with Crippen LogP contribution in [0.1, 0.15) is 26.3 Å². The smallest absolute Gasteiger partial charge is 0.232 e. The highest BCUT2D eigenvalue weighted by Gasteiger charge is 2.21. The topological polar surface area (TPSA) is 21.2 Å². The lowest BCUT2D eigenvalue weighted by atomic mass is 10.1. The maximum absolute atomic E-state index is 4.86. The first kappa shape index (κ1) is 15.2. The van der Waals surface area contributed by atoms with Gasteiger partial charge in [-0.2, -0.15) is 4.57 Å². The van der Waals surface area contributed by atoms with Crippen molar-refractivity contribution in [3.63, 3.8) is 0 Å². The molecule has 1 aromatic heterocycles. The first-order chi connectivity index (χ1) is 11.0. The first-order valence-corrected chi connectivity index (χ1v) is 7.83. The van der Waals surface area contributed by atoms with Crippen LogP contribution in [0.15, 0.2) is 84.4 Å². The van der Waals surface area contributed by atoms with Gasteiger partial charge < -0.3 is 0 Å². The predicted molar refractivity (Wildman–Crippen MR) is 94.1 cm³/mol. The SMILES string of the molecule is CC(C)(C)[n+]1ccn(C(=Nc2ccccc2)c2ccccc2)c1. The molecule has 0 radical (unpaired) electrons. The number of para-hydroxylation sites is 1. The summed E-state index contributed by atoms with van der Waals surface area (Å²) in [6, 6.07) is 20.3. The molecule has 3 heteroatoms. The third-order valence-electron chi connectivity index (χ3n) is 3.68. The van der Waals surface area contributed by atoms with Crippen molar-refractivity contribution in [1.82, 2.24) is 4.57 Å². The molecule has 0 aliphatic rings. The highest BCUT2D eigenvalue weighted by atomic mass is 15.2. The maximum Gasteiger partial charge on any atom is 0.250 e. The van der Waals surface area contributed by atoms with Crippen LogP contribution in [-0.2, 0) is 5.54 Å². The van der Waals surface area contributed by atoms with Gasteiger partial charge in [0, 0.05) is 5.56 Å². The molecule has 116 valence electrons. The molecule has 3 rings (SSSR count). The van der Waals surface area contributed by atoms with E-state index in [4.69, 9.17) is 4.99 Å². The second-order valence-electron chi connectivity index (χ2n) is 6.54. The zero-order chi connectivity index (χ0) is 16.3. The van der Waals surface area contributed by atoms with Gasteiger partial charge in [-0.3, -0.25) is 0 Å². The summed E-state index contributed by atoms with van der Waals surface area (Å²) in [5, 5.41) is 0. The average Bonchev–Trinajstić information content (AvgIpc) is 3.04. The zero-order valence-corrected chi connectivity index (χ0v) is 13.8. The molecule has 0 saturated carbocycles. The second-order valence-corrected chi connectivity index (χ2v) is 6.54. The molecule has 0 aliphatic carbocycles. The molecule has 0 N–H and O–H groups in total. The molecule has 0 bridgehead atoms. The third-order valence-corrected chi connectivity index (χ3v) is 3.68. The zero-order valence-electron chi connectivity index (χ0n) is 13.8. The van der Waals surface area contributed by atoms with Crippen LogP contribution in [0, 0.1) is 0 Å². The van der Waals surface area contributed by atoms with E-state index >= 15 is 0 Å². The summed E-state index contributed by atoms with van der Waals surface area (Å²) in [5.41, 5.74) is 2.08. The van der Waals surface area contributed by atoms with Crippen molar-refractivity contribution in [3.8, 4) is 0 Å². The number of aliphatic imine (C=N–C) groups is 1. The van der Waals surface area contributed by atoms with E-state index in [1.807, 2.05) is 48.5 Å². The fourth-order valence-electron chi connectivity index (χ4n) is 2.36. The summed E-state index contributed by atoms with van der Waals surface area (Å²) in [6.45, 7) is 6.57. The van der Waals surface area contributed by atoms with Crippen LogP contribution in [0.5, 0.6) is 0 Å². The van der Waals surface area contributed by atoms with Gasteiger partial charge in [-0.15, -0.1) is 0 Å². The minimum absolute atomic E-state index is 0.0415. The Morgan fingerprint density at radius 2 is 1.52 bits per heavy atom. The molecule has 0 atom stereocenters. The molecule has 0 saturated heterocycles. The lowest BCUT2D eigenvalue weighted by molar-refractivity contribution is -0.753. The molecule has 1 heterocycles. The van der Waals surface area contributed by atoms with Gasteiger partial charge in [0.15, 0.2) is 0 Å². The molecule has 2 aromatic carbocycles. The van der Waals surface area contributed by atoms with E-state index in [0.29, 0.717) is 0 Å². The standard InChI is InChI=1S/C20H22N3/c1-20(2,3)23-15-14-22(16-23)19(17-10-6-4-7-11-17)21-18-12-8-5-9-13-18/h4-16H,1-3H3/q+1. The van der Waals surface area contributed by atoms with Crippen LogP contribution in [0.25, 0.3) is 0 Å². The van der Waals surface area contributed by atoms with E-state index in [1.54, 1.807) is 0 Å². The molecule has 3 nitrogen and oxygen atoms in total. The van der Waals surface area contributed by atoms with Gasteiger partial charge in [0.1, 0.15) is 17.9 Å². The summed E-state index contributed by atoms with van der Waals surface area (Å²) >= 11 is 0. The van der Waals surface area contributed by atoms with Crippen molar-refractivity contribution in [2.24, 2.45) is 4.99 Å². The van der Waals surface area contributed by atoms with Gasteiger partial charge in [-0.25, -0.2) is 9.56 Å². The summed E-state index contributed by atoms with van der Waals surface area (Å²) in [7, 11) is 0. The van der Waals surface area contributed by atoms with Crippen molar-refractivity contribution >= 4 is 11.5 Å². The minimum Gasteiger partial charge on any atom is -0.232 e. The second kappa shape index (κ2) is 6.21. The summed E-state index contributed by atoms with van der Waals surface area (Å²) < 4.78 is 4.27. The summed E-state index contributed by atoms with van der Waals surface area (Å²) in [4.78, 5) is 4.86. The van der Waals surface area contributed by atoms with E-state index in [0.717, 1.165) is 17.1 Å². The average molecular weight is 304 g/mol. The Kier molecular flexibility index (Phi) is 4.11. The van der Waals surface area contributed by atoms with Crippen LogP contribution in [-0.4, -0.2) is 10.4 Å². The maximum atomic E-state index is 4.86. The van der Waals surface area contributed by atoms with E-state index in [9.17, 15) is 0 Å². The first-order valence-electron chi connectivity index (χ1n) is 7.83. The Hall–Kier alpha value is -2.68. The Balaban J connectivity index is 2.10. The van der Waals surface area contributed by atoms with Crippen LogP contribution < -0.4 is 4.57 Å². The third kappa shape index (κ3) is 3.57. The fraction of sp³-hybridized carbons (Fsp3) is 0.200. The normalized spacial score (nSPS) is 12.4. The fourth-order valence-corrected chi connectivity index (χ4v) is 2.36. The van der Waals surface area contributed by atoms with Crippen LogP contribution >= 0.6 is 0 Å². The number of hydrogen-bond acceptors (Lipinski definition) is 1. The lowest BCUT2D eigenvalue weighted by Crippen LogP contribution is -2.48. The van der Waals surface area contributed by atoms with Gasteiger partial charge in [0.25, 0.3) is 6.33 Å². The van der Waals surface area contributed by atoms with Crippen molar-refractivity contribution < 1.29 is 4.57 Å². The monoisotopic (exact) mass is 304 g/mol. The van der Waals surface area contributed by atoms with Crippen molar-refractivity contribution in [1.29, 1.82) is 0 Å². The Morgan fingerprint density at radius 3 is 2.09 bits per heavy atom. The number of rotatable bonds is 2. The van der Waals surface area contributed by atoms with E-state index in [-0.39, 0.29) is 5.54 Å². The molecule has 0 amide bonds. The highest BCUT2D eigenvalue weighted by molar-refractivity contribution is 6.01. The number of benzene rings is 2.